The molecule has 2 atom stereocenters. The van der Waals surface area contributed by atoms with Crippen molar-refractivity contribution in [3.63, 3.8) is 0 Å². The summed E-state index contributed by atoms with van der Waals surface area (Å²) in [5, 5.41) is 0. The highest BCUT2D eigenvalue weighted by Crippen LogP contribution is 2.44. The summed E-state index contributed by atoms with van der Waals surface area (Å²) in [4.78, 5) is 20.9. The number of hydrogen-bond acceptors (Lipinski definition) is 4. The summed E-state index contributed by atoms with van der Waals surface area (Å²) in [7, 11) is 1.45. The van der Waals surface area contributed by atoms with Crippen LogP contribution in [0.15, 0.2) is 34.5 Å². The molecule has 1 aliphatic heterocycles. The van der Waals surface area contributed by atoms with E-state index in [-0.39, 0.29) is 48.1 Å². The molecular weight excluding hydrogens is 416 g/mol. The number of hydrogen-bond donors (Lipinski definition) is 0. The third kappa shape index (κ3) is 5.13. The van der Waals surface area contributed by atoms with Crippen molar-refractivity contribution in [3.8, 4) is 0 Å². The van der Waals surface area contributed by atoms with E-state index in [2.05, 4.69) is 9.84 Å². The third-order valence-corrected chi connectivity index (χ3v) is 5.38. The zero-order valence-corrected chi connectivity index (χ0v) is 17.1. The second-order valence-electron chi connectivity index (χ2n) is 7.68. The van der Waals surface area contributed by atoms with Crippen LogP contribution in [0.5, 0.6) is 0 Å². The Labute approximate surface area is 177 Å². The number of carbonyl (C=O) groups is 1. The molecule has 0 aromatic heterocycles. The first-order valence-electron chi connectivity index (χ1n) is 9.84. The van der Waals surface area contributed by atoms with Crippen LogP contribution in [0.2, 0.25) is 0 Å². The van der Waals surface area contributed by atoms with Gasteiger partial charge >= 0.3 is 12.1 Å². The van der Waals surface area contributed by atoms with Crippen molar-refractivity contribution < 1.29 is 31.8 Å². The Hall–Kier alpha value is -2.73. The standard InChI is InChI=1S/C22H22F4N2O3/c1-12-20(27-2)18(15-7-6-14(23)10-16(15)22(24,25)26)19(17(28-12)8-9-30-3)21(29)31-11-13-4-5-13/h6-7,10,13,18,20H,4-5,8-9,11H2,1,3H3. The largest absolute Gasteiger partial charge is 0.462 e. The van der Waals surface area contributed by atoms with E-state index in [0.29, 0.717) is 6.07 Å². The molecule has 1 aliphatic carbocycles. The first-order valence-corrected chi connectivity index (χ1v) is 9.84. The average molecular weight is 438 g/mol. The minimum absolute atomic E-state index is 0.0959. The van der Waals surface area contributed by atoms with Crippen LogP contribution >= 0.6 is 0 Å². The Morgan fingerprint density at radius 2 is 2.03 bits per heavy atom. The Balaban J connectivity index is 2.17. The molecule has 1 aromatic carbocycles. The number of alkyl halides is 3. The molecule has 0 radical (unpaired) electrons. The van der Waals surface area contributed by atoms with E-state index >= 15 is 0 Å². The van der Waals surface area contributed by atoms with E-state index in [0.717, 1.165) is 25.0 Å². The molecule has 0 N–H and O–H groups in total. The molecule has 1 heterocycles. The van der Waals surface area contributed by atoms with Gasteiger partial charge in [-0.25, -0.2) is 15.8 Å². The number of halogens is 4. The van der Waals surface area contributed by atoms with Gasteiger partial charge < -0.3 is 14.3 Å². The van der Waals surface area contributed by atoms with Crippen molar-refractivity contribution >= 4 is 11.7 Å². The number of nitrogens with zero attached hydrogens (tertiary/aromatic N) is 2. The predicted octanol–water partition coefficient (Wildman–Crippen LogP) is 4.93. The van der Waals surface area contributed by atoms with Crippen molar-refractivity contribution in [3.05, 3.63) is 57.8 Å². The van der Waals surface area contributed by atoms with Crippen molar-refractivity contribution in [2.75, 3.05) is 20.3 Å². The summed E-state index contributed by atoms with van der Waals surface area (Å²) in [5.74, 6) is -2.90. The molecule has 31 heavy (non-hydrogen) atoms. The quantitative estimate of drug-likeness (QED) is 0.345. The van der Waals surface area contributed by atoms with Gasteiger partial charge in [-0.05, 0) is 43.4 Å². The fraction of sp³-hybridized carbons (Fsp3) is 0.500. The van der Waals surface area contributed by atoms with E-state index in [1.54, 1.807) is 0 Å². The lowest BCUT2D eigenvalue weighted by Crippen LogP contribution is -2.34. The average Bonchev–Trinajstić information content (AvgIpc) is 3.53. The van der Waals surface area contributed by atoms with Gasteiger partial charge in [0.15, 0.2) is 0 Å². The van der Waals surface area contributed by atoms with E-state index in [1.165, 1.54) is 14.0 Å². The molecule has 5 nitrogen and oxygen atoms in total. The van der Waals surface area contributed by atoms with E-state index in [9.17, 15) is 22.4 Å². The maximum atomic E-state index is 13.8. The predicted molar refractivity (Wildman–Crippen MR) is 105 cm³/mol. The molecule has 166 valence electrons. The van der Waals surface area contributed by atoms with Crippen LogP contribution in [0.3, 0.4) is 0 Å². The first-order chi connectivity index (χ1) is 14.7. The number of benzene rings is 1. The number of carbonyl (C=O) groups excluding carboxylic acids is 1. The van der Waals surface area contributed by atoms with Crippen LogP contribution in [0.25, 0.3) is 4.85 Å². The fourth-order valence-electron chi connectivity index (χ4n) is 3.65. The highest BCUT2D eigenvalue weighted by Gasteiger charge is 2.47. The zero-order valence-electron chi connectivity index (χ0n) is 17.1. The third-order valence-electron chi connectivity index (χ3n) is 5.38. The molecule has 2 unspecified atom stereocenters. The van der Waals surface area contributed by atoms with Crippen molar-refractivity contribution in [1.82, 2.24) is 0 Å². The number of ether oxygens (including phenoxy) is 2. The molecule has 0 bridgehead atoms. The minimum Gasteiger partial charge on any atom is -0.462 e. The van der Waals surface area contributed by atoms with Gasteiger partial charge in [-0.3, -0.25) is 4.99 Å². The summed E-state index contributed by atoms with van der Waals surface area (Å²) >= 11 is 0. The van der Waals surface area contributed by atoms with Crippen molar-refractivity contribution in [2.45, 2.75) is 44.3 Å². The monoisotopic (exact) mass is 438 g/mol. The maximum Gasteiger partial charge on any atom is 0.416 e. The van der Waals surface area contributed by atoms with Crippen LogP contribution in [0.1, 0.15) is 43.2 Å². The molecule has 0 amide bonds. The summed E-state index contributed by atoms with van der Waals surface area (Å²) in [6.07, 6.45) is -2.87. The Kier molecular flexibility index (Phi) is 6.80. The summed E-state index contributed by atoms with van der Waals surface area (Å²) < 4.78 is 65.5. The van der Waals surface area contributed by atoms with Gasteiger partial charge in [-0.2, -0.15) is 13.2 Å². The number of rotatable bonds is 7. The van der Waals surface area contributed by atoms with Crippen molar-refractivity contribution in [2.24, 2.45) is 10.9 Å². The van der Waals surface area contributed by atoms with Gasteiger partial charge in [0.25, 0.3) is 6.04 Å². The summed E-state index contributed by atoms with van der Waals surface area (Å²) in [6.45, 7) is 9.45. The molecule has 2 aliphatic rings. The minimum atomic E-state index is -4.87. The lowest BCUT2D eigenvalue weighted by Gasteiger charge is -2.29. The van der Waals surface area contributed by atoms with Crippen LogP contribution in [0.4, 0.5) is 17.6 Å². The number of methoxy groups -OCH3 is 1. The Morgan fingerprint density at radius 3 is 2.61 bits per heavy atom. The van der Waals surface area contributed by atoms with E-state index in [4.69, 9.17) is 16.0 Å². The van der Waals surface area contributed by atoms with E-state index in [1.807, 2.05) is 0 Å². The first kappa shape index (κ1) is 22.9. The lowest BCUT2D eigenvalue weighted by atomic mass is 9.78. The van der Waals surface area contributed by atoms with Crippen LogP contribution in [0, 0.1) is 18.3 Å². The van der Waals surface area contributed by atoms with Gasteiger partial charge in [-0.1, -0.05) is 6.07 Å². The summed E-state index contributed by atoms with van der Waals surface area (Å²) in [6, 6.07) is 1.12. The van der Waals surface area contributed by atoms with Crippen LogP contribution in [-0.2, 0) is 20.4 Å². The van der Waals surface area contributed by atoms with Crippen molar-refractivity contribution in [1.29, 1.82) is 0 Å². The smallest absolute Gasteiger partial charge is 0.416 e. The van der Waals surface area contributed by atoms with Gasteiger partial charge in [-0.15, -0.1) is 0 Å². The number of aliphatic imine (C=N–C) groups is 1. The van der Waals surface area contributed by atoms with Gasteiger partial charge in [0, 0.05) is 13.5 Å². The molecule has 3 rings (SSSR count). The SMILES string of the molecule is [C-]#[N+]C1C(C)=NC(CCOC)=C(C(=O)OCC2CC2)C1c1ccc(F)cc1C(F)(F)F. The van der Waals surface area contributed by atoms with E-state index < -0.39 is 35.5 Å². The molecule has 1 aromatic rings. The fourth-order valence-corrected chi connectivity index (χ4v) is 3.65. The van der Waals surface area contributed by atoms with Gasteiger partial charge in [0.05, 0.1) is 41.7 Å². The molecule has 0 spiro atoms. The lowest BCUT2D eigenvalue weighted by molar-refractivity contribution is -0.141. The normalized spacial score (nSPS) is 21.5. The Bertz CT molecular complexity index is 958. The van der Waals surface area contributed by atoms with Crippen LogP contribution < -0.4 is 0 Å². The molecular formula is C22H22F4N2O3. The second-order valence-corrected chi connectivity index (χ2v) is 7.68. The van der Waals surface area contributed by atoms with Crippen LogP contribution in [-0.4, -0.2) is 38.0 Å². The molecule has 1 saturated carbocycles. The topological polar surface area (TPSA) is 52.2 Å². The summed E-state index contributed by atoms with van der Waals surface area (Å²) in [5.41, 5.74) is -1.16. The number of esters is 1. The maximum absolute atomic E-state index is 13.8. The second kappa shape index (κ2) is 9.18. The molecule has 9 heteroatoms. The van der Waals surface area contributed by atoms with Gasteiger partial charge in [0.1, 0.15) is 5.82 Å². The highest BCUT2D eigenvalue weighted by atomic mass is 19.4. The zero-order chi connectivity index (χ0) is 22.8. The molecule has 1 fully saturated rings. The Morgan fingerprint density at radius 1 is 1.32 bits per heavy atom. The molecule has 0 saturated heterocycles. The van der Waals surface area contributed by atoms with Gasteiger partial charge in [0.2, 0.25) is 0 Å². The highest BCUT2D eigenvalue weighted by molar-refractivity contribution is 6.00.